The van der Waals surface area contributed by atoms with Crippen molar-refractivity contribution in [1.29, 1.82) is 0 Å². The number of hydrogen-bond acceptors (Lipinski definition) is 1. The summed E-state index contributed by atoms with van der Waals surface area (Å²) in [5.74, 6) is 0.269. The predicted octanol–water partition coefficient (Wildman–Crippen LogP) is 8.72. The fraction of sp³-hybridized carbons (Fsp3) is 0.286. The Kier molecular flexibility index (Phi) is 4.97. The van der Waals surface area contributed by atoms with E-state index in [1.165, 1.54) is 33.0 Å². The normalized spacial score (nSPS) is 12.6. The van der Waals surface area contributed by atoms with Gasteiger partial charge in [0.1, 0.15) is 5.75 Å². The minimum Gasteiger partial charge on any atom is -0.507 e. The van der Waals surface area contributed by atoms with Crippen molar-refractivity contribution >= 4 is 37.5 Å². The van der Waals surface area contributed by atoms with Crippen molar-refractivity contribution in [2.45, 2.75) is 52.4 Å². The van der Waals surface area contributed by atoms with Gasteiger partial charge in [0.15, 0.2) is 0 Å². The maximum absolute atomic E-state index is 10.0. The molecule has 0 aliphatic carbocycles. The summed E-state index contributed by atoms with van der Waals surface area (Å²) in [6.07, 6.45) is 0. The van der Waals surface area contributed by atoms with E-state index in [2.05, 4.69) is 106 Å². The molecule has 0 atom stereocenters. The van der Waals surface area contributed by atoms with E-state index in [1.807, 2.05) is 12.1 Å². The first-order valence-electron chi connectivity index (χ1n) is 10.4. The number of phenolic OH excluding ortho intramolecular Hbond substituents is 1. The molecule has 4 rings (SSSR count). The second-order valence-corrected chi connectivity index (χ2v) is 11.2. The monoisotopic (exact) mass is 460 g/mol. The van der Waals surface area contributed by atoms with Crippen LogP contribution in [0.2, 0.25) is 0 Å². The van der Waals surface area contributed by atoms with Crippen LogP contribution in [0.25, 0.3) is 32.7 Å². The Bertz CT molecular complexity index is 1270. The zero-order valence-corrected chi connectivity index (χ0v) is 20.2. The van der Waals surface area contributed by atoms with Crippen LogP contribution in [-0.4, -0.2) is 5.11 Å². The van der Waals surface area contributed by atoms with Gasteiger partial charge < -0.3 is 5.11 Å². The van der Waals surface area contributed by atoms with Crippen molar-refractivity contribution in [2.75, 3.05) is 0 Å². The number of fused-ring (bicyclic) bond motifs is 2. The van der Waals surface area contributed by atoms with E-state index in [9.17, 15) is 5.11 Å². The fourth-order valence-corrected chi connectivity index (χ4v) is 4.28. The SMILES string of the molecule is CC(C)(C)c1cc(-c2ccc3cc(O)c(Br)cc3c2)c2cc(C(C)(C)C)ccc2c1. The van der Waals surface area contributed by atoms with E-state index in [-0.39, 0.29) is 16.6 Å². The highest BCUT2D eigenvalue weighted by atomic mass is 79.9. The van der Waals surface area contributed by atoms with Crippen molar-refractivity contribution < 1.29 is 5.11 Å². The second-order valence-electron chi connectivity index (χ2n) is 10.3. The molecule has 0 spiro atoms. The molecule has 0 aliphatic rings. The number of benzene rings is 4. The van der Waals surface area contributed by atoms with Gasteiger partial charge in [-0.25, -0.2) is 0 Å². The lowest BCUT2D eigenvalue weighted by atomic mass is 9.81. The molecule has 0 unspecified atom stereocenters. The molecule has 0 saturated heterocycles. The fourth-order valence-electron chi connectivity index (χ4n) is 3.92. The molecule has 4 aromatic rings. The quantitative estimate of drug-likeness (QED) is 0.301. The molecule has 154 valence electrons. The van der Waals surface area contributed by atoms with Crippen molar-refractivity contribution in [2.24, 2.45) is 0 Å². The molecule has 0 aliphatic heterocycles. The lowest BCUT2D eigenvalue weighted by Crippen LogP contribution is -2.12. The van der Waals surface area contributed by atoms with Crippen molar-refractivity contribution in [3.8, 4) is 16.9 Å². The summed E-state index contributed by atoms with van der Waals surface area (Å²) < 4.78 is 0.718. The Morgan fingerprint density at radius 3 is 1.97 bits per heavy atom. The smallest absolute Gasteiger partial charge is 0.130 e. The van der Waals surface area contributed by atoms with Crippen LogP contribution < -0.4 is 0 Å². The van der Waals surface area contributed by atoms with Crippen LogP contribution in [0.5, 0.6) is 5.75 Å². The lowest BCUT2D eigenvalue weighted by Gasteiger charge is -2.24. The van der Waals surface area contributed by atoms with Crippen LogP contribution in [0.15, 0.2) is 65.1 Å². The molecule has 1 nitrogen and oxygen atoms in total. The average Bonchev–Trinajstić information content (AvgIpc) is 2.66. The van der Waals surface area contributed by atoms with Crippen LogP contribution >= 0.6 is 15.9 Å². The summed E-state index contributed by atoms with van der Waals surface area (Å²) in [5.41, 5.74) is 5.29. The summed E-state index contributed by atoms with van der Waals surface area (Å²) in [5, 5.41) is 14.7. The average molecular weight is 461 g/mol. The van der Waals surface area contributed by atoms with Crippen LogP contribution in [0, 0.1) is 0 Å². The van der Waals surface area contributed by atoms with Crippen LogP contribution in [0.4, 0.5) is 0 Å². The van der Waals surface area contributed by atoms with E-state index in [1.54, 1.807) is 0 Å². The van der Waals surface area contributed by atoms with E-state index >= 15 is 0 Å². The number of halogens is 1. The molecule has 0 fully saturated rings. The Labute approximate surface area is 187 Å². The van der Waals surface area contributed by atoms with Gasteiger partial charge in [-0.3, -0.25) is 0 Å². The molecular weight excluding hydrogens is 432 g/mol. The highest BCUT2D eigenvalue weighted by Gasteiger charge is 2.19. The first-order valence-corrected chi connectivity index (χ1v) is 11.2. The first kappa shape index (κ1) is 20.9. The van der Waals surface area contributed by atoms with Crippen molar-refractivity contribution in [3.05, 3.63) is 76.3 Å². The third-order valence-corrected chi connectivity index (χ3v) is 6.54. The number of aromatic hydroxyl groups is 1. The van der Waals surface area contributed by atoms with E-state index in [4.69, 9.17) is 0 Å². The van der Waals surface area contributed by atoms with Gasteiger partial charge in [0, 0.05) is 0 Å². The molecule has 30 heavy (non-hydrogen) atoms. The van der Waals surface area contributed by atoms with Gasteiger partial charge in [-0.05, 0) is 94.8 Å². The summed E-state index contributed by atoms with van der Waals surface area (Å²) in [6.45, 7) is 13.6. The van der Waals surface area contributed by atoms with Crippen LogP contribution in [-0.2, 0) is 10.8 Å². The molecule has 0 saturated carbocycles. The van der Waals surface area contributed by atoms with E-state index < -0.39 is 0 Å². The van der Waals surface area contributed by atoms with Crippen molar-refractivity contribution in [3.63, 3.8) is 0 Å². The topological polar surface area (TPSA) is 20.2 Å². The van der Waals surface area contributed by atoms with Gasteiger partial charge in [0.2, 0.25) is 0 Å². The standard InChI is InChI=1S/C28H29BrO/c1-27(2,3)21-10-9-19-12-22(28(4,5)6)16-24(23(19)15-21)18-8-7-17-14-26(30)25(29)13-20(17)11-18/h7-16,30H,1-6H3. The predicted molar refractivity (Wildman–Crippen MR) is 134 cm³/mol. The molecule has 0 radical (unpaired) electrons. The molecule has 1 N–H and O–H groups in total. The van der Waals surface area contributed by atoms with Gasteiger partial charge in [-0.2, -0.15) is 0 Å². The molecule has 0 aromatic heterocycles. The summed E-state index contributed by atoms with van der Waals surface area (Å²) in [6, 6.07) is 21.9. The third-order valence-electron chi connectivity index (χ3n) is 5.90. The van der Waals surface area contributed by atoms with Gasteiger partial charge in [0.25, 0.3) is 0 Å². The van der Waals surface area contributed by atoms with Crippen molar-refractivity contribution in [1.82, 2.24) is 0 Å². The number of hydrogen-bond donors (Lipinski definition) is 1. The molecular formula is C28H29BrO. The van der Waals surface area contributed by atoms with Gasteiger partial charge in [-0.1, -0.05) is 77.9 Å². The van der Waals surface area contributed by atoms with Gasteiger partial charge >= 0.3 is 0 Å². The zero-order chi connectivity index (χ0) is 21.8. The van der Waals surface area contributed by atoms with Crippen LogP contribution in [0.3, 0.4) is 0 Å². The zero-order valence-electron chi connectivity index (χ0n) is 18.6. The summed E-state index contributed by atoms with van der Waals surface area (Å²) >= 11 is 3.46. The molecule has 2 heteroatoms. The maximum atomic E-state index is 10.0. The minimum absolute atomic E-state index is 0.0668. The van der Waals surface area contributed by atoms with Gasteiger partial charge in [-0.15, -0.1) is 0 Å². The molecule has 4 aromatic carbocycles. The number of phenols is 1. The number of rotatable bonds is 1. The largest absolute Gasteiger partial charge is 0.507 e. The minimum atomic E-state index is 0.0668. The van der Waals surface area contributed by atoms with E-state index in [0.717, 1.165) is 15.2 Å². The third kappa shape index (κ3) is 3.86. The lowest BCUT2D eigenvalue weighted by molar-refractivity contribution is 0.473. The summed E-state index contributed by atoms with van der Waals surface area (Å²) in [4.78, 5) is 0. The Morgan fingerprint density at radius 1 is 0.633 bits per heavy atom. The highest BCUT2D eigenvalue weighted by molar-refractivity contribution is 9.10. The molecule has 0 bridgehead atoms. The highest BCUT2D eigenvalue weighted by Crippen LogP contribution is 2.38. The van der Waals surface area contributed by atoms with Gasteiger partial charge in [0.05, 0.1) is 4.47 Å². The van der Waals surface area contributed by atoms with Crippen LogP contribution in [0.1, 0.15) is 52.7 Å². The maximum Gasteiger partial charge on any atom is 0.130 e. The van der Waals surface area contributed by atoms with E-state index in [0.29, 0.717) is 0 Å². The summed E-state index contributed by atoms with van der Waals surface area (Å²) in [7, 11) is 0. The molecule has 0 amide bonds. The Morgan fingerprint density at radius 2 is 1.30 bits per heavy atom. The first-order chi connectivity index (χ1) is 13.9. The second kappa shape index (κ2) is 7.13. The Hall–Kier alpha value is -2.32. The molecule has 0 heterocycles. The Balaban J connectivity index is 2.04.